The van der Waals surface area contributed by atoms with E-state index < -0.39 is 6.10 Å². The van der Waals surface area contributed by atoms with Crippen molar-refractivity contribution >= 4 is 0 Å². The number of methoxy groups -OCH3 is 1. The van der Waals surface area contributed by atoms with Gasteiger partial charge in [-0.3, -0.25) is 4.52 Å². The molecule has 1 unspecified atom stereocenters. The number of aliphatic hydroxyl groups excluding tert-OH is 1. The van der Waals surface area contributed by atoms with Gasteiger partial charge in [0.15, 0.2) is 0 Å². The smallest absolute Gasteiger partial charge is 0.417 e. The molecule has 1 aromatic heterocycles. The van der Waals surface area contributed by atoms with E-state index in [2.05, 4.69) is 19.4 Å². The van der Waals surface area contributed by atoms with Gasteiger partial charge in [-0.1, -0.05) is 12.1 Å². The van der Waals surface area contributed by atoms with E-state index in [1.54, 1.807) is 0 Å². The first-order chi connectivity index (χ1) is 5.27. The topological polar surface area (TPSA) is 68.4 Å². The Morgan fingerprint density at radius 1 is 1.73 bits per heavy atom. The Morgan fingerprint density at radius 2 is 2.45 bits per heavy atom. The van der Waals surface area contributed by atoms with Crippen LogP contribution >= 0.6 is 0 Å². The van der Waals surface area contributed by atoms with Crippen molar-refractivity contribution in [2.45, 2.75) is 19.4 Å². The molecule has 0 spiro atoms. The summed E-state index contributed by atoms with van der Waals surface area (Å²) in [6, 6.07) is 0. The molecule has 11 heavy (non-hydrogen) atoms. The fourth-order valence-electron chi connectivity index (χ4n) is 0.621. The summed E-state index contributed by atoms with van der Waals surface area (Å²) in [7, 11) is 1.43. The van der Waals surface area contributed by atoms with Gasteiger partial charge in [0.25, 0.3) is 0 Å². The molecular formula is C6H10N2O3. The minimum atomic E-state index is -0.664. The van der Waals surface area contributed by atoms with Crippen LogP contribution in [0.4, 0.5) is 0 Å². The summed E-state index contributed by atoms with van der Waals surface area (Å²) in [6.45, 7) is 1.83. The lowest BCUT2D eigenvalue weighted by Gasteiger charge is -1.97. The van der Waals surface area contributed by atoms with Crippen molar-refractivity contribution in [3.8, 4) is 6.08 Å². The van der Waals surface area contributed by atoms with Crippen LogP contribution in [0, 0.1) is 0 Å². The standard InChI is InChI=1S/C6H10N2O3/c1-3-4(9)5-7-6(10-2)11-8-5/h4,9H,3H2,1-2H3. The van der Waals surface area contributed by atoms with Crippen LogP contribution < -0.4 is 4.74 Å². The van der Waals surface area contributed by atoms with Crippen LogP contribution in [-0.2, 0) is 0 Å². The van der Waals surface area contributed by atoms with Gasteiger partial charge in [0.1, 0.15) is 6.10 Å². The number of aromatic nitrogens is 2. The maximum absolute atomic E-state index is 9.20. The lowest BCUT2D eigenvalue weighted by atomic mass is 10.3. The highest BCUT2D eigenvalue weighted by Gasteiger charge is 2.12. The highest BCUT2D eigenvalue weighted by atomic mass is 16.6. The second-order valence-electron chi connectivity index (χ2n) is 2.05. The molecule has 62 valence electrons. The third-order valence-corrected chi connectivity index (χ3v) is 1.28. The molecule has 0 saturated heterocycles. The Balaban J connectivity index is 2.71. The zero-order valence-electron chi connectivity index (χ0n) is 6.44. The predicted molar refractivity (Wildman–Crippen MR) is 36.1 cm³/mol. The quantitative estimate of drug-likeness (QED) is 0.694. The molecule has 0 fully saturated rings. The van der Waals surface area contributed by atoms with Gasteiger partial charge in [-0.2, -0.15) is 4.98 Å². The number of nitrogens with zero attached hydrogens (tertiary/aromatic N) is 2. The maximum Gasteiger partial charge on any atom is 0.417 e. The van der Waals surface area contributed by atoms with Gasteiger partial charge in [0.05, 0.1) is 7.11 Å². The molecule has 1 aromatic rings. The summed E-state index contributed by atoms with van der Waals surface area (Å²) < 4.78 is 9.23. The van der Waals surface area contributed by atoms with E-state index in [1.165, 1.54) is 7.11 Å². The normalized spacial score (nSPS) is 13.0. The summed E-state index contributed by atoms with van der Waals surface area (Å²) in [4.78, 5) is 3.75. The molecule has 1 rings (SSSR count). The molecule has 0 aliphatic carbocycles. The van der Waals surface area contributed by atoms with Crippen LogP contribution in [0.5, 0.6) is 6.08 Å². The van der Waals surface area contributed by atoms with E-state index in [0.717, 1.165) is 0 Å². The zero-order chi connectivity index (χ0) is 8.27. The maximum atomic E-state index is 9.20. The van der Waals surface area contributed by atoms with Gasteiger partial charge >= 0.3 is 6.08 Å². The molecule has 5 heteroatoms. The summed E-state index contributed by atoms with van der Waals surface area (Å²) in [5, 5.41) is 12.7. The molecule has 1 N–H and O–H groups in total. The average molecular weight is 158 g/mol. The Kier molecular flexibility index (Phi) is 2.43. The van der Waals surface area contributed by atoms with Crippen molar-refractivity contribution in [3.63, 3.8) is 0 Å². The first kappa shape index (κ1) is 8.00. The van der Waals surface area contributed by atoms with Crippen molar-refractivity contribution in [2.24, 2.45) is 0 Å². The molecular weight excluding hydrogens is 148 g/mol. The number of hydrogen-bond donors (Lipinski definition) is 1. The Bertz CT molecular complexity index is 223. The molecule has 1 atom stereocenters. The van der Waals surface area contributed by atoms with Gasteiger partial charge in [-0.05, 0) is 6.42 Å². The molecule has 0 amide bonds. The van der Waals surface area contributed by atoms with Crippen molar-refractivity contribution in [3.05, 3.63) is 5.82 Å². The minimum absolute atomic E-state index is 0.0764. The molecule has 0 saturated carbocycles. The van der Waals surface area contributed by atoms with Crippen LogP contribution in [0.2, 0.25) is 0 Å². The van der Waals surface area contributed by atoms with Crippen molar-refractivity contribution in [1.29, 1.82) is 0 Å². The number of hydrogen-bond acceptors (Lipinski definition) is 5. The van der Waals surface area contributed by atoms with Crippen LogP contribution in [0.3, 0.4) is 0 Å². The Morgan fingerprint density at radius 3 is 2.91 bits per heavy atom. The van der Waals surface area contributed by atoms with E-state index in [0.29, 0.717) is 6.42 Å². The predicted octanol–water partition coefficient (Wildman–Crippen LogP) is 0.522. The van der Waals surface area contributed by atoms with Gasteiger partial charge in [0, 0.05) is 0 Å². The first-order valence-corrected chi connectivity index (χ1v) is 3.33. The van der Waals surface area contributed by atoms with Crippen LogP contribution in [0.25, 0.3) is 0 Å². The third-order valence-electron chi connectivity index (χ3n) is 1.28. The second kappa shape index (κ2) is 3.34. The second-order valence-corrected chi connectivity index (χ2v) is 2.05. The fraction of sp³-hybridized carbons (Fsp3) is 0.667. The Hall–Kier alpha value is -1.10. The SMILES string of the molecule is CCC(O)c1noc(OC)n1. The van der Waals surface area contributed by atoms with Crippen molar-refractivity contribution < 1.29 is 14.4 Å². The first-order valence-electron chi connectivity index (χ1n) is 3.33. The van der Waals surface area contributed by atoms with Crippen molar-refractivity contribution in [1.82, 2.24) is 10.1 Å². The average Bonchev–Trinajstić information content (AvgIpc) is 2.50. The molecule has 0 radical (unpaired) electrons. The highest BCUT2D eigenvalue weighted by molar-refractivity contribution is 4.92. The van der Waals surface area contributed by atoms with Gasteiger partial charge < -0.3 is 9.84 Å². The monoisotopic (exact) mass is 158 g/mol. The van der Waals surface area contributed by atoms with Crippen LogP contribution in [-0.4, -0.2) is 22.4 Å². The van der Waals surface area contributed by atoms with E-state index in [-0.39, 0.29) is 11.9 Å². The summed E-state index contributed by atoms with van der Waals surface area (Å²) in [6.07, 6.45) is -0.0296. The number of aliphatic hydroxyl groups is 1. The fourth-order valence-corrected chi connectivity index (χ4v) is 0.621. The van der Waals surface area contributed by atoms with Crippen LogP contribution in [0.1, 0.15) is 25.3 Å². The van der Waals surface area contributed by atoms with Crippen LogP contribution in [0.15, 0.2) is 4.52 Å². The molecule has 0 aliphatic heterocycles. The number of ether oxygens (including phenoxy) is 1. The number of rotatable bonds is 3. The molecule has 1 heterocycles. The van der Waals surface area contributed by atoms with Crippen molar-refractivity contribution in [2.75, 3.05) is 7.11 Å². The van der Waals surface area contributed by atoms with Gasteiger partial charge in [0.2, 0.25) is 5.82 Å². The van der Waals surface area contributed by atoms with E-state index in [1.807, 2.05) is 6.92 Å². The van der Waals surface area contributed by atoms with Gasteiger partial charge in [-0.15, -0.1) is 0 Å². The Labute approximate surface area is 64.0 Å². The molecule has 5 nitrogen and oxygen atoms in total. The lowest BCUT2D eigenvalue weighted by Crippen LogP contribution is -1.97. The zero-order valence-corrected chi connectivity index (χ0v) is 6.44. The molecule has 0 aromatic carbocycles. The largest absolute Gasteiger partial charge is 0.452 e. The summed E-state index contributed by atoms with van der Waals surface area (Å²) >= 11 is 0. The third kappa shape index (κ3) is 1.68. The van der Waals surface area contributed by atoms with E-state index >= 15 is 0 Å². The van der Waals surface area contributed by atoms with Gasteiger partial charge in [-0.25, -0.2) is 0 Å². The molecule has 0 bridgehead atoms. The summed E-state index contributed by atoms with van der Waals surface area (Å²) in [5.74, 6) is 0.268. The lowest BCUT2D eigenvalue weighted by molar-refractivity contribution is 0.159. The van der Waals surface area contributed by atoms with E-state index in [9.17, 15) is 5.11 Å². The highest BCUT2D eigenvalue weighted by Crippen LogP contribution is 2.14. The minimum Gasteiger partial charge on any atom is -0.452 e. The van der Waals surface area contributed by atoms with E-state index in [4.69, 9.17) is 0 Å². The summed E-state index contributed by atoms with van der Waals surface area (Å²) in [5.41, 5.74) is 0. The molecule has 0 aliphatic rings.